The molecule has 112 valence electrons. The first kappa shape index (κ1) is 15.3. The first-order chi connectivity index (χ1) is 9.84. The van der Waals surface area contributed by atoms with Crippen LogP contribution in [-0.2, 0) is 11.3 Å². The maximum atomic E-state index is 11.3. The van der Waals surface area contributed by atoms with E-state index >= 15 is 0 Å². The van der Waals surface area contributed by atoms with Gasteiger partial charge < -0.3 is 9.84 Å². The van der Waals surface area contributed by atoms with E-state index < -0.39 is 11.5 Å². The maximum Gasteiger partial charge on any atom is 0.323 e. The van der Waals surface area contributed by atoms with Gasteiger partial charge in [0.05, 0.1) is 7.11 Å². The number of likely N-dealkylation sites (N-methyl/N-ethyl adjacent to an activating group) is 1. The zero-order valence-corrected chi connectivity index (χ0v) is 12.9. The summed E-state index contributed by atoms with van der Waals surface area (Å²) in [5, 5.41) is 11.5. The number of hydrogen-bond donors (Lipinski definition) is 1. The second kappa shape index (κ2) is 5.74. The van der Waals surface area contributed by atoms with Gasteiger partial charge in [0.15, 0.2) is 0 Å². The van der Waals surface area contributed by atoms with E-state index in [0.717, 1.165) is 22.1 Å². The highest BCUT2D eigenvalue weighted by molar-refractivity contribution is 5.84. The van der Waals surface area contributed by atoms with Gasteiger partial charge in [-0.3, -0.25) is 9.69 Å². The van der Waals surface area contributed by atoms with Gasteiger partial charge >= 0.3 is 5.97 Å². The van der Waals surface area contributed by atoms with Crippen molar-refractivity contribution in [3.05, 3.63) is 42.0 Å². The van der Waals surface area contributed by atoms with Gasteiger partial charge in [-0.1, -0.05) is 18.2 Å². The molecule has 2 rings (SSSR count). The fourth-order valence-electron chi connectivity index (χ4n) is 2.13. The predicted molar refractivity (Wildman–Crippen MR) is 83.7 cm³/mol. The van der Waals surface area contributed by atoms with E-state index in [0.29, 0.717) is 6.54 Å². The molecule has 2 aromatic rings. The minimum atomic E-state index is -0.894. The van der Waals surface area contributed by atoms with Crippen LogP contribution in [0.2, 0.25) is 0 Å². The zero-order chi connectivity index (χ0) is 15.6. The van der Waals surface area contributed by atoms with Crippen molar-refractivity contribution in [1.29, 1.82) is 0 Å². The summed E-state index contributed by atoms with van der Waals surface area (Å²) >= 11 is 0. The third-order valence-electron chi connectivity index (χ3n) is 4.01. The Kier molecular flexibility index (Phi) is 4.19. The molecule has 0 aliphatic rings. The summed E-state index contributed by atoms with van der Waals surface area (Å²) in [6, 6.07) is 12.1. The number of carboxylic acids is 1. The highest BCUT2D eigenvalue weighted by Gasteiger charge is 2.31. The molecule has 21 heavy (non-hydrogen) atoms. The van der Waals surface area contributed by atoms with Crippen LogP contribution in [-0.4, -0.2) is 35.7 Å². The van der Waals surface area contributed by atoms with Crippen LogP contribution >= 0.6 is 0 Å². The predicted octanol–water partition coefficient (Wildman–Crippen LogP) is 3.14. The van der Waals surface area contributed by atoms with E-state index in [4.69, 9.17) is 4.74 Å². The molecule has 0 aromatic heterocycles. The molecule has 0 unspecified atom stereocenters. The van der Waals surface area contributed by atoms with Gasteiger partial charge in [-0.05, 0) is 55.4 Å². The van der Waals surface area contributed by atoms with Crippen LogP contribution in [0.25, 0.3) is 10.8 Å². The Bertz CT molecular complexity index is 664. The van der Waals surface area contributed by atoms with Crippen LogP contribution in [0, 0.1) is 0 Å². The smallest absolute Gasteiger partial charge is 0.323 e. The highest BCUT2D eigenvalue weighted by atomic mass is 16.5. The molecule has 0 aliphatic heterocycles. The summed E-state index contributed by atoms with van der Waals surface area (Å²) in [5.74, 6) is 0.00917. The van der Waals surface area contributed by atoms with Gasteiger partial charge in [-0.15, -0.1) is 0 Å². The fourth-order valence-corrected chi connectivity index (χ4v) is 2.13. The molecule has 0 radical (unpaired) electrons. The zero-order valence-electron chi connectivity index (χ0n) is 12.9. The van der Waals surface area contributed by atoms with Crippen LogP contribution < -0.4 is 4.74 Å². The van der Waals surface area contributed by atoms with Crippen molar-refractivity contribution in [2.24, 2.45) is 0 Å². The van der Waals surface area contributed by atoms with Crippen molar-refractivity contribution in [3.8, 4) is 5.75 Å². The lowest BCUT2D eigenvalue weighted by atomic mass is 10.0. The lowest BCUT2D eigenvalue weighted by molar-refractivity contribution is -0.148. The Morgan fingerprint density at radius 2 is 1.81 bits per heavy atom. The van der Waals surface area contributed by atoms with E-state index in [-0.39, 0.29) is 0 Å². The molecule has 0 amide bonds. The minimum Gasteiger partial charge on any atom is -0.497 e. The molecule has 0 aliphatic carbocycles. The number of rotatable bonds is 5. The van der Waals surface area contributed by atoms with Crippen LogP contribution in [0.1, 0.15) is 19.4 Å². The van der Waals surface area contributed by atoms with E-state index in [9.17, 15) is 9.90 Å². The Hall–Kier alpha value is -2.07. The van der Waals surface area contributed by atoms with E-state index in [1.54, 1.807) is 21.0 Å². The number of ether oxygens (including phenoxy) is 1. The monoisotopic (exact) mass is 287 g/mol. The van der Waals surface area contributed by atoms with Crippen molar-refractivity contribution in [2.75, 3.05) is 14.2 Å². The van der Waals surface area contributed by atoms with E-state index in [1.165, 1.54) is 0 Å². The number of benzene rings is 2. The van der Waals surface area contributed by atoms with Crippen LogP contribution in [0.5, 0.6) is 5.75 Å². The van der Waals surface area contributed by atoms with E-state index in [2.05, 4.69) is 6.07 Å². The third kappa shape index (κ3) is 3.16. The molecule has 0 fully saturated rings. The minimum absolute atomic E-state index is 0.585. The molecular formula is C17H21NO3. The Balaban J connectivity index is 2.26. The van der Waals surface area contributed by atoms with Crippen molar-refractivity contribution in [2.45, 2.75) is 25.9 Å². The molecule has 4 heteroatoms. The van der Waals surface area contributed by atoms with Crippen LogP contribution in [0.3, 0.4) is 0 Å². The van der Waals surface area contributed by atoms with Crippen molar-refractivity contribution in [3.63, 3.8) is 0 Å². The summed E-state index contributed by atoms with van der Waals surface area (Å²) in [5.41, 5.74) is 0.194. The molecule has 4 nitrogen and oxygen atoms in total. The van der Waals surface area contributed by atoms with Gasteiger partial charge in [0, 0.05) is 6.54 Å². The number of hydrogen-bond acceptors (Lipinski definition) is 3. The average Bonchev–Trinajstić information content (AvgIpc) is 2.46. The van der Waals surface area contributed by atoms with Crippen LogP contribution in [0.4, 0.5) is 0 Å². The summed E-state index contributed by atoms with van der Waals surface area (Å²) in [6.45, 7) is 4.00. The number of carboxylic acid groups (broad SMARTS) is 1. The molecule has 2 aromatic carbocycles. The van der Waals surface area contributed by atoms with Gasteiger partial charge in [0.25, 0.3) is 0 Å². The number of nitrogens with zero attached hydrogens (tertiary/aromatic N) is 1. The standard InChI is InChI=1S/C17H21NO3/c1-17(2,16(19)20)18(3)11-12-5-6-14-10-15(21-4)8-7-13(14)9-12/h5-10H,11H2,1-4H3,(H,19,20). The largest absolute Gasteiger partial charge is 0.497 e. The second-order valence-corrected chi connectivity index (χ2v) is 5.77. The van der Waals surface area contributed by atoms with Crippen molar-refractivity contribution in [1.82, 2.24) is 4.90 Å². The first-order valence-electron chi connectivity index (χ1n) is 6.86. The SMILES string of the molecule is COc1ccc2cc(CN(C)C(C)(C)C(=O)O)ccc2c1. The fraction of sp³-hybridized carbons (Fsp3) is 0.353. The summed E-state index contributed by atoms with van der Waals surface area (Å²) < 4.78 is 5.21. The first-order valence-corrected chi connectivity index (χ1v) is 6.86. The van der Waals surface area contributed by atoms with Gasteiger partial charge in [-0.25, -0.2) is 0 Å². The topological polar surface area (TPSA) is 49.8 Å². The summed E-state index contributed by atoms with van der Waals surface area (Å²) in [4.78, 5) is 13.1. The molecule has 0 bridgehead atoms. The number of fused-ring (bicyclic) bond motifs is 1. The van der Waals surface area contributed by atoms with Gasteiger partial charge in [-0.2, -0.15) is 0 Å². The van der Waals surface area contributed by atoms with Crippen molar-refractivity contribution >= 4 is 16.7 Å². The normalized spacial score (nSPS) is 11.9. The maximum absolute atomic E-state index is 11.3. The number of methoxy groups -OCH3 is 1. The molecular weight excluding hydrogens is 266 g/mol. The highest BCUT2D eigenvalue weighted by Crippen LogP contribution is 2.23. The molecule has 0 spiro atoms. The Morgan fingerprint density at radius 1 is 1.19 bits per heavy atom. The molecule has 0 atom stereocenters. The van der Waals surface area contributed by atoms with Gasteiger partial charge in [0.1, 0.15) is 11.3 Å². The second-order valence-electron chi connectivity index (χ2n) is 5.77. The molecule has 1 N–H and O–H groups in total. The van der Waals surface area contributed by atoms with E-state index in [1.807, 2.05) is 42.3 Å². The quantitative estimate of drug-likeness (QED) is 0.918. The van der Waals surface area contributed by atoms with Crippen molar-refractivity contribution < 1.29 is 14.6 Å². The number of carbonyl (C=O) groups is 1. The lowest BCUT2D eigenvalue weighted by Gasteiger charge is -2.31. The average molecular weight is 287 g/mol. The number of aliphatic carboxylic acids is 1. The Morgan fingerprint density at radius 3 is 2.43 bits per heavy atom. The summed E-state index contributed by atoms with van der Waals surface area (Å²) in [7, 11) is 3.48. The molecule has 0 heterocycles. The lowest BCUT2D eigenvalue weighted by Crippen LogP contribution is -2.47. The molecule has 0 saturated heterocycles. The Labute approximate surface area is 124 Å². The third-order valence-corrected chi connectivity index (χ3v) is 4.01. The van der Waals surface area contributed by atoms with Gasteiger partial charge in [0.2, 0.25) is 0 Å². The summed E-state index contributed by atoms with van der Waals surface area (Å²) in [6.07, 6.45) is 0. The molecule has 0 saturated carbocycles. The van der Waals surface area contributed by atoms with Crippen LogP contribution in [0.15, 0.2) is 36.4 Å².